The van der Waals surface area contributed by atoms with Crippen LogP contribution in [0.2, 0.25) is 0 Å². The van der Waals surface area contributed by atoms with Crippen molar-refractivity contribution in [2.24, 2.45) is 0 Å². The van der Waals surface area contributed by atoms with E-state index in [0.29, 0.717) is 11.9 Å². The van der Waals surface area contributed by atoms with Crippen molar-refractivity contribution in [1.29, 1.82) is 0 Å². The van der Waals surface area contributed by atoms with Crippen molar-refractivity contribution in [3.63, 3.8) is 0 Å². The van der Waals surface area contributed by atoms with Gasteiger partial charge >= 0.3 is 0 Å². The molecule has 0 saturated carbocycles. The highest BCUT2D eigenvalue weighted by Gasteiger charge is 2.20. The van der Waals surface area contributed by atoms with Gasteiger partial charge in [-0.2, -0.15) is 0 Å². The number of aryl methyl sites for hydroxylation is 1. The molecule has 3 N–H and O–H groups in total. The summed E-state index contributed by atoms with van der Waals surface area (Å²) < 4.78 is 0. The zero-order valence-electron chi connectivity index (χ0n) is 13.4. The summed E-state index contributed by atoms with van der Waals surface area (Å²) in [5.74, 6) is 0.441. The van der Waals surface area contributed by atoms with Crippen LogP contribution in [-0.2, 0) is 13.0 Å². The number of nitrogens with one attached hydrogen (secondary N) is 1. The molecule has 24 heavy (non-hydrogen) atoms. The van der Waals surface area contributed by atoms with Crippen LogP contribution >= 0.6 is 0 Å². The van der Waals surface area contributed by atoms with Gasteiger partial charge in [0.05, 0.1) is 18.1 Å². The molecule has 0 unspecified atom stereocenters. The Labute approximate surface area is 141 Å². The fraction of sp³-hybridized carbons (Fsp3) is 0.200. The Morgan fingerprint density at radius 1 is 1.04 bits per heavy atom. The predicted molar refractivity (Wildman–Crippen MR) is 96.2 cm³/mol. The first-order valence-corrected chi connectivity index (χ1v) is 8.27. The summed E-state index contributed by atoms with van der Waals surface area (Å²) in [4.78, 5) is 8.47. The molecule has 0 radical (unpaired) electrons. The topological polar surface area (TPSA) is 63.8 Å². The van der Waals surface area contributed by atoms with Gasteiger partial charge in [0, 0.05) is 18.2 Å². The second kappa shape index (κ2) is 6.42. The predicted octanol–water partition coefficient (Wildman–Crippen LogP) is 3.50. The van der Waals surface area contributed by atoms with Crippen LogP contribution in [0.1, 0.15) is 29.2 Å². The number of hydrogen-bond donors (Lipinski definition) is 2. The summed E-state index contributed by atoms with van der Waals surface area (Å²) in [6, 6.07) is 17.6. The average Bonchev–Trinajstić information content (AvgIpc) is 3.04. The van der Waals surface area contributed by atoms with Gasteiger partial charge in [-0.3, -0.25) is 4.98 Å². The fourth-order valence-electron chi connectivity index (χ4n) is 3.34. The maximum atomic E-state index is 5.61. The highest BCUT2D eigenvalue weighted by Crippen LogP contribution is 2.31. The Kier molecular flexibility index (Phi) is 3.97. The molecule has 1 atom stereocenters. The Balaban J connectivity index is 1.48. The van der Waals surface area contributed by atoms with Gasteiger partial charge in [0.1, 0.15) is 5.82 Å². The van der Waals surface area contributed by atoms with Crippen molar-refractivity contribution >= 4 is 5.82 Å². The molecular formula is C20H20N4. The summed E-state index contributed by atoms with van der Waals surface area (Å²) in [7, 11) is 0. The van der Waals surface area contributed by atoms with Crippen LogP contribution in [0.25, 0.3) is 11.3 Å². The van der Waals surface area contributed by atoms with E-state index in [1.165, 1.54) is 23.1 Å². The lowest BCUT2D eigenvalue weighted by molar-refractivity contribution is 0.530. The molecule has 2 aromatic carbocycles. The SMILES string of the molecule is Nc1cnc(-c2cccc(CN[C@H]3CCc4ccccc43)c2)cn1. The van der Waals surface area contributed by atoms with Crippen LogP contribution < -0.4 is 11.1 Å². The number of nitrogens with zero attached hydrogens (tertiary/aromatic N) is 2. The van der Waals surface area contributed by atoms with Crippen LogP contribution in [0.5, 0.6) is 0 Å². The number of aromatic nitrogens is 2. The first-order chi connectivity index (χ1) is 11.8. The monoisotopic (exact) mass is 316 g/mol. The molecule has 0 amide bonds. The van der Waals surface area contributed by atoms with Gasteiger partial charge in [0.2, 0.25) is 0 Å². The van der Waals surface area contributed by atoms with Gasteiger partial charge in [-0.25, -0.2) is 4.98 Å². The minimum atomic E-state index is 0.441. The normalized spacial score (nSPS) is 16.1. The lowest BCUT2D eigenvalue weighted by Gasteiger charge is -2.14. The first kappa shape index (κ1) is 14.8. The molecule has 0 aliphatic heterocycles. The largest absolute Gasteiger partial charge is 0.382 e. The van der Waals surface area contributed by atoms with E-state index in [9.17, 15) is 0 Å². The van der Waals surface area contributed by atoms with Gasteiger partial charge in [-0.05, 0) is 35.6 Å². The van der Waals surface area contributed by atoms with E-state index >= 15 is 0 Å². The Bertz CT molecular complexity index is 842. The van der Waals surface area contributed by atoms with Gasteiger partial charge < -0.3 is 11.1 Å². The van der Waals surface area contributed by atoms with Crippen molar-refractivity contribution in [2.45, 2.75) is 25.4 Å². The summed E-state index contributed by atoms with van der Waals surface area (Å²) in [5.41, 5.74) is 11.7. The number of nitrogens with two attached hydrogens (primary N) is 1. The summed E-state index contributed by atoms with van der Waals surface area (Å²) >= 11 is 0. The first-order valence-electron chi connectivity index (χ1n) is 8.27. The van der Waals surface area contributed by atoms with Crippen molar-refractivity contribution in [2.75, 3.05) is 5.73 Å². The zero-order chi connectivity index (χ0) is 16.4. The van der Waals surface area contributed by atoms with Crippen molar-refractivity contribution < 1.29 is 0 Å². The number of rotatable bonds is 4. The third kappa shape index (κ3) is 3.01. The van der Waals surface area contributed by atoms with Crippen molar-refractivity contribution in [3.8, 4) is 11.3 Å². The average molecular weight is 316 g/mol. The number of nitrogen functional groups attached to an aromatic ring is 1. The number of anilines is 1. The number of hydrogen-bond acceptors (Lipinski definition) is 4. The number of fused-ring (bicyclic) bond motifs is 1. The Morgan fingerprint density at radius 2 is 1.96 bits per heavy atom. The van der Waals surface area contributed by atoms with Crippen LogP contribution in [0.4, 0.5) is 5.82 Å². The molecule has 0 fully saturated rings. The molecule has 1 heterocycles. The van der Waals surface area contributed by atoms with Crippen molar-refractivity contribution in [1.82, 2.24) is 15.3 Å². The quantitative estimate of drug-likeness (QED) is 0.773. The van der Waals surface area contributed by atoms with E-state index in [1.54, 1.807) is 12.4 Å². The van der Waals surface area contributed by atoms with E-state index in [4.69, 9.17) is 5.73 Å². The van der Waals surface area contributed by atoms with Gasteiger partial charge in [-0.1, -0.05) is 42.5 Å². The second-order valence-electron chi connectivity index (χ2n) is 6.20. The highest BCUT2D eigenvalue weighted by atomic mass is 14.9. The molecule has 4 nitrogen and oxygen atoms in total. The molecular weight excluding hydrogens is 296 g/mol. The molecule has 4 rings (SSSR count). The van der Waals surface area contributed by atoms with Gasteiger partial charge in [-0.15, -0.1) is 0 Å². The van der Waals surface area contributed by atoms with E-state index in [1.807, 2.05) is 0 Å². The van der Waals surface area contributed by atoms with E-state index in [-0.39, 0.29) is 0 Å². The fourth-order valence-corrected chi connectivity index (χ4v) is 3.34. The maximum Gasteiger partial charge on any atom is 0.141 e. The minimum Gasteiger partial charge on any atom is -0.382 e. The molecule has 3 aromatic rings. The van der Waals surface area contributed by atoms with Crippen LogP contribution in [0, 0.1) is 0 Å². The standard InChI is InChI=1S/C20H20N4/c21-20-13-23-19(12-24-20)16-6-3-4-14(10-16)11-22-18-9-8-15-5-1-2-7-17(15)18/h1-7,10,12-13,18,22H,8-9,11H2,(H2,21,24)/t18-/m0/s1. The highest BCUT2D eigenvalue weighted by molar-refractivity contribution is 5.59. The molecule has 1 aliphatic carbocycles. The van der Waals surface area contributed by atoms with E-state index in [0.717, 1.165) is 24.2 Å². The third-order valence-electron chi connectivity index (χ3n) is 4.58. The van der Waals surface area contributed by atoms with Gasteiger partial charge in [0.15, 0.2) is 0 Å². The minimum absolute atomic E-state index is 0.441. The summed E-state index contributed by atoms with van der Waals surface area (Å²) in [5, 5.41) is 3.69. The molecule has 0 bridgehead atoms. The summed E-state index contributed by atoms with van der Waals surface area (Å²) in [6.07, 6.45) is 5.64. The van der Waals surface area contributed by atoms with Crippen LogP contribution in [0.15, 0.2) is 60.9 Å². The smallest absolute Gasteiger partial charge is 0.141 e. The maximum absolute atomic E-state index is 5.61. The third-order valence-corrected chi connectivity index (χ3v) is 4.58. The van der Waals surface area contributed by atoms with Crippen molar-refractivity contribution in [3.05, 3.63) is 77.6 Å². The van der Waals surface area contributed by atoms with Crippen LogP contribution in [0.3, 0.4) is 0 Å². The Morgan fingerprint density at radius 3 is 2.83 bits per heavy atom. The molecule has 1 aliphatic rings. The lowest BCUT2D eigenvalue weighted by atomic mass is 10.1. The number of benzene rings is 2. The second-order valence-corrected chi connectivity index (χ2v) is 6.20. The lowest BCUT2D eigenvalue weighted by Crippen LogP contribution is -2.18. The zero-order valence-corrected chi connectivity index (χ0v) is 13.4. The molecule has 0 spiro atoms. The molecule has 120 valence electrons. The molecule has 0 saturated heterocycles. The molecule has 4 heteroatoms. The van der Waals surface area contributed by atoms with Crippen LogP contribution in [-0.4, -0.2) is 9.97 Å². The van der Waals surface area contributed by atoms with Gasteiger partial charge in [0.25, 0.3) is 0 Å². The van der Waals surface area contributed by atoms with E-state index in [2.05, 4.69) is 63.8 Å². The molecule has 1 aromatic heterocycles. The summed E-state index contributed by atoms with van der Waals surface area (Å²) in [6.45, 7) is 0.843. The Hall–Kier alpha value is -2.72. The van der Waals surface area contributed by atoms with E-state index < -0.39 is 0 Å².